The molecule has 0 unspecified atom stereocenters. The minimum atomic E-state index is -1.20. The Labute approximate surface area is 152 Å². The van der Waals surface area contributed by atoms with Crippen molar-refractivity contribution in [1.29, 1.82) is 0 Å². The van der Waals surface area contributed by atoms with E-state index in [1.807, 2.05) is 31.2 Å². The lowest BCUT2D eigenvalue weighted by molar-refractivity contribution is 0.0279. The summed E-state index contributed by atoms with van der Waals surface area (Å²) in [6.07, 6.45) is -0.904. The molecule has 1 heterocycles. The second-order valence-electron chi connectivity index (χ2n) is 5.61. The summed E-state index contributed by atoms with van der Waals surface area (Å²) in [6, 6.07) is 8.83. The van der Waals surface area contributed by atoms with E-state index >= 15 is 0 Å². The van der Waals surface area contributed by atoms with Gasteiger partial charge in [0.1, 0.15) is 0 Å². The highest BCUT2D eigenvalue weighted by molar-refractivity contribution is 6.33. The lowest BCUT2D eigenvalue weighted by Crippen LogP contribution is -2.11. The van der Waals surface area contributed by atoms with Crippen molar-refractivity contribution in [2.24, 2.45) is 0 Å². The van der Waals surface area contributed by atoms with Crippen LogP contribution < -0.4 is 0 Å². The maximum absolute atomic E-state index is 13.3. The Morgan fingerprint density at radius 1 is 1.15 bits per heavy atom. The van der Waals surface area contributed by atoms with Crippen LogP contribution in [0, 0.1) is 18.6 Å². The maximum Gasteiger partial charge on any atom is 0.340 e. The van der Waals surface area contributed by atoms with E-state index in [0.29, 0.717) is 12.1 Å². The molecule has 0 fully saturated rings. The first-order valence-electron chi connectivity index (χ1n) is 7.61. The van der Waals surface area contributed by atoms with Crippen LogP contribution in [0.25, 0.3) is 11.5 Å². The molecule has 26 heavy (non-hydrogen) atoms. The second kappa shape index (κ2) is 7.21. The van der Waals surface area contributed by atoms with Gasteiger partial charge in [0.2, 0.25) is 5.89 Å². The molecule has 0 bridgehead atoms. The van der Waals surface area contributed by atoms with Gasteiger partial charge < -0.3 is 9.15 Å². The number of carbonyl (C=O) groups excluding carboxylic acids is 1. The van der Waals surface area contributed by atoms with Crippen LogP contribution in [-0.2, 0) is 4.74 Å². The molecule has 5 nitrogen and oxygen atoms in total. The number of rotatable bonds is 4. The number of hydrogen-bond acceptors (Lipinski definition) is 5. The van der Waals surface area contributed by atoms with E-state index in [9.17, 15) is 13.6 Å². The van der Waals surface area contributed by atoms with Crippen molar-refractivity contribution in [1.82, 2.24) is 10.2 Å². The molecule has 0 amide bonds. The number of halogens is 3. The zero-order chi connectivity index (χ0) is 18.8. The number of carbonyl (C=O) groups is 1. The number of aromatic nitrogens is 2. The summed E-state index contributed by atoms with van der Waals surface area (Å²) < 4.78 is 37.1. The normalized spacial score (nSPS) is 12.0. The van der Waals surface area contributed by atoms with Gasteiger partial charge in [-0.25, -0.2) is 13.6 Å². The fraction of sp³-hybridized carbons (Fsp3) is 0.167. The summed E-state index contributed by atoms with van der Waals surface area (Å²) in [4.78, 5) is 12.1. The first-order valence-corrected chi connectivity index (χ1v) is 7.99. The van der Waals surface area contributed by atoms with Crippen LogP contribution in [0.5, 0.6) is 0 Å². The summed E-state index contributed by atoms with van der Waals surface area (Å²) in [5.41, 5.74) is 1.51. The van der Waals surface area contributed by atoms with Gasteiger partial charge in [-0.15, -0.1) is 10.2 Å². The Bertz CT molecular complexity index is 958. The Morgan fingerprint density at radius 3 is 2.50 bits per heavy atom. The molecule has 0 N–H and O–H groups in total. The largest absolute Gasteiger partial charge is 0.449 e. The third kappa shape index (κ3) is 3.72. The molecule has 0 aliphatic carbocycles. The Morgan fingerprint density at radius 2 is 1.81 bits per heavy atom. The van der Waals surface area contributed by atoms with Crippen LogP contribution in [-0.4, -0.2) is 16.2 Å². The Kier molecular flexibility index (Phi) is 4.99. The third-order valence-corrected chi connectivity index (χ3v) is 3.91. The topological polar surface area (TPSA) is 65.2 Å². The molecular formula is C18H13ClF2N2O3. The van der Waals surface area contributed by atoms with E-state index in [-0.39, 0.29) is 22.4 Å². The number of esters is 1. The predicted octanol–water partition coefficient (Wildman–Crippen LogP) is 4.89. The monoisotopic (exact) mass is 378 g/mol. The molecule has 0 spiro atoms. The van der Waals surface area contributed by atoms with E-state index in [4.69, 9.17) is 20.8 Å². The van der Waals surface area contributed by atoms with Crippen molar-refractivity contribution in [2.45, 2.75) is 20.0 Å². The van der Waals surface area contributed by atoms with Crippen LogP contribution in [0.4, 0.5) is 8.78 Å². The molecule has 0 saturated heterocycles. The summed E-state index contributed by atoms with van der Waals surface area (Å²) >= 11 is 5.76. The molecule has 8 heteroatoms. The number of hydrogen-bond donors (Lipinski definition) is 0. The highest BCUT2D eigenvalue weighted by atomic mass is 35.5. The molecule has 3 aromatic rings. The summed E-state index contributed by atoms with van der Waals surface area (Å²) in [5, 5.41) is 7.51. The quantitative estimate of drug-likeness (QED) is 0.477. The van der Waals surface area contributed by atoms with Crippen LogP contribution in [0.1, 0.15) is 34.8 Å². The third-order valence-electron chi connectivity index (χ3n) is 3.60. The molecular weight excluding hydrogens is 366 g/mol. The minimum absolute atomic E-state index is 0.0626. The standard InChI is InChI=1S/C18H13ClF2N2O3/c1-9-3-5-11(6-4-9)17-23-22-16(26-17)10(2)25-18(24)12-7-14(20)15(21)8-13(12)19/h3-8,10H,1-2H3/t10-/m0/s1. The molecule has 0 saturated carbocycles. The van der Waals surface area contributed by atoms with Crippen molar-refractivity contribution >= 4 is 17.6 Å². The van der Waals surface area contributed by atoms with E-state index in [0.717, 1.165) is 11.1 Å². The fourth-order valence-corrected chi connectivity index (χ4v) is 2.39. The summed E-state index contributed by atoms with van der Waals surface area (Å²) in [6.45, 7) is 3.46. The van der Waals surface area contributed by atoms with Gasteiger partial charge in [0, 0.05) is 5.56 Å². The predicted molar refractivity (Wildman–Crippen MR) is 89.7 cm³/mol. The first-order chi connectivity index (χ1) is 12.3. The Balaban J connectivity index is 1.76. The van der Waals surface area contributed by atoms with Gasteiger partial charge in [-0.3, -0.25) is 0 Å². The number of ether oxygens (including phenoxy) is 1. The molecule has 134 valence electrons. The maximum atomic E-state index is 13.3. The molecule has 0 aliphatic rings. The van der Waals surface area contributed by atoms with E-state index in [2.05, 4.69) is 10.2 Å². The average molecular weight is 379 g/mol. The SMILES string of the molecule is Cc1ccc(-c2nnc([C@H](C)OC(=O)c3cc(F)c(F)cc3Cl)o2)cc1. The van der Waals surface area contributed by atoms with Crippen LogP contribution in [0.15, 0.2) is 40.8 Å². The van der Waals surface area contributed by atoms with Crippen LogP contribution >= 0.6 is 11.6 Å². The van der Waals surface area contributed by atoms with Crippen LogP contribution in [0.3, 0.4) is 0 Å². The van der Waals surface area contributed by atoms with Crippen molar-refractivity contribution in [3.8, 4) is 11.5 Å². The highest BCUT2D eigenvalue weighted by Crippen LogP contribution is 2.26. The van der Waals surface area contributed by atoms with E-state index < -0.39 is 23.7 Å². The van der Waals surface area contributed by atoms with Crippen molar-refractivity contribution < 1.29 is 22.7 Å². The molecule has 0 aliphatic heterocycles. The molecule has 3 rings (SSSR count). The first kappa shape index (κ1) is 18.0. The van der Waals surface area contributed by atoms with Crippen molar-refractivity contribution in [3.05, 3.63) is 70.1 Å². The van der Waals surface area contributed by atoms with Gasteiger partial charge in [-0.05, 0) is 38.1 Å². The second-order valence-corrected chi connectivity index (χ2v) is 6.01. The van der Waals surface area contributed by atoms with Crippen molar-refractivity contribution in [3.63, 3.8) is 0 Å². The van der Waals surface area contributed by atoms with Gasteiger partial charge in [-0.1, -0.05) is 29.3 Å². The van der Waals surface area contributed by atoms with Crippen molar-refractivity contribution in [2.75, 3.05) is 0 Å². The molecule has 0 radical (unpaired) electrons. The zero-order valence-electron chi connectivity index (χ0n) is 13.8. The summed E-state index contributed by atoms with van der Waals surface area (Å²) in [7, 11) is 0. The molecule has 1 atom stereocenters. The molecule has 2 aromatic carbocycles. The minimum Gasteiger partial charge on any atom is -0.449 e. The van der Waals surface area contributed by atoms with Gasteiger partial charge in [0.05, 0.1) is 10.6 Å². The summed E-state index contributed by atoms with van der Waals surface area (Å²) in [5.74, 6) is -2.95. The Hall–Kier alpha value is -2.80. The molecule has 1 aromatic heterocycles. The number of benzene rings is 2. The fourth-order valence-electron chi connectivity index (χ4n) is 2.17. The lowest BCUT2D eigenvalue weighted by Gasteiger charge is -2.10. The highest BCUT2D eigenvalue weighted by Gasteiger charge is 2.22. The smallest absolute Gasteiger partial charge is 0.340 e. The van der Waals surface area contributed by atoms with E-state index in [1.165, 1.54) is 6.92 Å². The number of nitrogens with zero attached hydrogens (tertiary/aromatic N) is 2. The zero-order valence-corrected chi connectivity index (χ0v) is 14.6. The van der Waals surface area contributed by atoms with Gasteiger partial charge >= 0.3 is 5.97 Å². The van der Waals surface area contributed by atoms with Gasteiger partial charge in [0.15, 0.2) is 17.7 Å². The number of aryl methyl sites for hydroxylation is 1. The van der Waals surface area contributed by atoms with Gasteiger partial charge in [0.25, 0.3) is 5.89 Å². The van der Waals surface area contributed by atoms with Gasteiger partial charge in [-0.2, -0.15) is 0 Å². The van der Waals surface area contributed by atoms with E-state index in [1.54, 1.807) is 0 Å². The van der Waals surface area contributed by atoms with Crippen LogP contribution in [0.2, 0.25) is 5.02 Å². The lowest BCUT2D eigenvalue weighted by atomic mass is 10.1. The average Bonchev–Trinajstić information content (AvgIpc) is 3.09.